The molecule has 1 amide bonds. The number of amides is 1. The predicted octanol–water partition coefficient (Wildman–Crippen LogP) is 3.99. The van der Waals surface area contributed by atoms with Crippen molar-refractivity contribution in [2.24, 2.45) is 0 Å². The quantitative estimate of drug-likeness (QED) is 0.530. The Hall–Kier alpha value is -3.00. The van der Waals surface area contributed by atoms with Gasteiger partial charge in [-0.25, -0.2) is 0 Å². The van der Waals surface area contributed by atoms with E-state index < -0.39 is 0 Å². The van der Waals surface area contributed by atoms with Crippen LogP contribution in [0.25, 0.3) is 11.4 Å². The Bertz CT molecular complexity index is 1040. The van der Waals surface area contributed by atoms with Crippen molar-refractivity contribution in [3.8, 4) is 22.9 Å². The van der Waals surface area contributed by atoms with Crippen molar-refractivity contribution in [2.75, 3.05) is 27.0 Å². The second-order valence-corrected chi connectivity index (χ2v) is 7.92. The molecule has 0 aliphatic carbocycles. The van der Waals surface area contributed by atoms with Gasteiger partial charge < -0.3 is 18.9 Å². The molecule has 1 saturated heterocycles. The third-order valence-corrected chi connectivity index (χ3v) is 5.95. The zero-order chi connectivity index (χ0) is 21.1. The van der Waals surface area contributed by atoms with Gasteiger partial charge in [0.05, 0.1) is 20.1 Å². The second-order valence-electron chi connectivity index (χ2n) is 7.04. The topological polar surface area (TPSA) is 77.7 Å². The SMILES string of the molecule is COc1ccc(CN2CC(c3nc(-c4ccc(SC)cc4)no3)CC2=O)c(OC)c1. The number of ether oxygens (including phenoxy) is 2. The van der Waals surface area contributed by atoms with Crippen LogP contribution in [0.5, 0.6) is 11.5 Å². The first kappa shape index (κ1) is 20.3. The summed E-state index contributed by atoms with van der Waals surface area (Å²) >= 11 is 1.68. The minimum atomic E-state index is -0.117. The van der Waals surface area contributed by atoms with Gasteiger partial charge in [0.25, 0.3) is 0 Å². The molecule has 0 spiro atoms. The van der Waals surface area contributed by atoms with Gasteiger partial charge in [0.2, 0.25) is 17.6 Å². The van der Waals surface area contributed by atoms with Crippen molar-refractivity contribution in [3.63, 3.8) is 0 Å². The number of thioether (sulfide) groups is 1. The maximum Gasteiger partial charge on any atom is 0.232 e. The molecule has 1 aliphatic rings. The molecular formula is C22H23N3O4S. The fourth-order valence-electron chi connectivity index (χ4n) is 3.54. The van der Waals surface area contributed by atoms with E-state index in [9.17, 15) is 4.79 Å². The van der Waals surface area contributed by atoms with E-state index in [1.165, 1.54) is 4.90 Å². The van der Waals surface area contributed by atoms with Crippen molar-refractivity contribution in [2.45, 2.75) is 23.8 Å². The molecule has 0 bridgehead atoms. The van der Waals surface area contributed by atoms with E-state index in [4.69, 9.17) is 14.0 Å². The van der Waals surface area contributed by atoms with Crippen molar-refractivity contribution in [1.29, 1.82) is 0 Å². The molecule has 1 aromatic heterocycles. The van der Waals surface area contributed by atoms with Gasteiger partial charge in [-0.3, -0.25) is 4.79 Å². The molecule has 0 N–H and O–H groups in total. The summed E-state index contributed by atoms with van der Waals surface area (Å²) in [6, 6.07) is 13.6. The Kier molecular flexibility index (Phi) is 5.94. The third-order valence-electron chi connectivity index (χ3n) is 5.21. The average molecular weight is 426 g/mol. The molecular weight excluding hydrogens is 402 g/mol. The fraction of sp³-hybridized carbons (Fsp3) is 0.318. The lowest BCUT2D eigenvalue weighted by Gasteiger charge is -2.18. The number of likely N-dealkylation sites (tertiary alicyclic amines) is 1. The molecule has 0 saturated carbocycles. The van der Waals surface area contributed by atoms with Gasteiger partial charge in [0.15, 0.2) is 0 Å². The van der Waals surface area contributed by atoms with Gasteiger partial charge in [0.1, 0.15) is 11.5 Å². The Balaban J connectivity index is 1.47. The number of hydrogen-bond acceptors (Lipinski definition) is 7. The molecule has 2 aromatic carbocycles. The molecule has 1 atom stereocenters. The number of benzene rings is 2. The summed E-state index contributed by atoms with van der Waals surface area (Å²) < 4.78 is 16.2. The van der Waals surface area contributed by atoms with E-state index in [2.05, 4.69) is 10.1 Å². The summed E-state index contributed by atoms with van der Waals surface area (Å²) in [5.41, 5.74) is 1.82. The first-order valence-corrected chi connectivity index (χ1v) is 10.8. The molecule has 2 heterocycles. The predicted molar refractivity (Wildman–Crippen MR) is 114 cm³/mol. The number of nitrogens with zero attached hydrogens (tertiary/aromatic N) is 3. The van der Waals surface area contributed by atoms with E-state index in [1.807, 2.05) is 48.7 Å². The molecule has 4 rings (SSSR count). The Morgan fingerprint density at radius 1 is 1.17 bits per heavy atom. The molecule has 30 heavy (non-hydrogen) atoms. The van der Waals surface area contributed by atoms with Crippen molar-refractivity contribution >= 4 is 17.7 Å². The van der Waals surface area contributed by atoms with Crippen LogP contribution in [0.3, 0.4) is 0 Å². The van der Waals surface area contributed by atoms with E-state index in [-0.39, 0.29) is 11.8 Å². The van der Waals surface area contributed by atoms with Crippen LogP contribution in [0.15, 0.2) is 51.9 Å². The minimum absolute atomic E-state index is 0.0574. The van der Waals surface area contributed by atoms with Crippen LogP contribution >= 0.6 is 11.8 Å². The van der Waals surface area contributed by atoms with Crippen LogP contribution in [0.2, 0.25) is 0 Å². The number of carbonyl (C=O) groups is 1. The lowest BCUT2D eigenvalue weighted by Crippen LogP contribution is -2.24. The number of aromatic nitrogens is 2. The molecule has 3 aromatic rings. The lowest BCUT2D eigenvalue weighted by atomic mass is 10.1. The van der Waals surface area contributed by atoms with Crippen molar-refractivity contribution in [3.05, 3.63) is 53.9 Å². The standard InChI is InChI=1S/C22H23N3O4S/c1-27-17-7-4-15(19(11-17)28-2)12-25-13-16(10-20(25)26)22-23-21(24-29-22)14-5-8-18(30-3)9-6-14/h4-9,11,16H,10,12-13H2,1-3H3. The van der Waals surface area contributed by atoms with Crippen LogP contribution in [0.1, 0.15) is 23.8 Å². The minimum Gasteiger partial charge on any atom is -0.497 e. The highest BCUT2D eigenvalue weighted by molar-refractivity contribution is 7.98. The summed E-state index contributed by atoms with van der Waals surface area (Å²) in [7, 11) is 3.22. The normalized spacial score (nSPS) is 16.2. The fourth-order valence-corrected chi connectivity index (χ4v) is 3.95. The first-order valence-electron chi connectivity index (χ1n) is 9.58. The summed E-state index contributed by atoms with van der Waals surface area (Å²) in [6.07, 6.45) is 2.39. The number of hydrogen-bond donors (Lipinski definition) is 0. The van der Waals surface area contributed by atoms with Gasteiger partial charge in [0, 0.05) is 41.6 Å². The van der Waals surface area contributed by atoms with Crippen LogP contribution in [-0.4, -0.2) is 48.0 Å². The molecule has 1 unspecified atom stereocenters. The zero-order valence-electron chi connectivity index (χ0n) is 17.1. The van der Waals surface area contributed by atoms with Crippen LogP contribution < -0.4 is 9.47 Å². The van der Waals surface area contributed by atoms with E-state index in [0.29, 0.717) is 42.7 Å². The average Bonchev–Trinajstić information content (AvgIpc) is 3.41. The summed E-state index contributed by atoms with van der Waals surface area (Å²) in [5.74, 6) is 2.39. The molecule has 0 radical (unpaired) electrons. The number of methoxy groups -OCH3 is 2. The van der Waals surface area contributed by atoms with Gasteiger partial charge in [-0.1, -0.05) is 5.16 Å². The Morgan fingerprint density at radius 3 is 2.67 bits per heavy atom. The Labute approximate surface area is 179 Å². The van der Waals surface area contributed by atoms with Gasteiger partial charge >= 0.3 is 0 Å². The smallest absolute Gasteiger partial charge is 0.232 e. The molecule has 8 heteroatoms. The highest BCUT2D eigenvalue weighted by Crippen LogP contribution is 2.32. The first-order chi connectivity index (χ1) is 14.6. The number of rotatable bonds is 7. The zero-order valence-corrected chi connectivity index (χ0v) is 17.9. The molecule has 156 valence electrons. The second kappa shape index (κ2) is 8.79. The van der Waals surface area contributed by atoms with Crippen LogP contribution in [-0.2, 0) is 11.3 Å². The van der Waals surface area contributed by atoms with Gasteiger partial charge in [-0.15, -0.1) is 11.8 Å². The highest BCUT2D eigenvalue weighted by Gasteiger charge is 2.34. The maximum atomic E-state index is 12.6. The summed E-state index contributed by atoms with van der Waals surface area (Å²) in [6.45, 7) is 0.987. The molecule has 7 nitrogen and oxygen atoms in total. The lowest BCUT2D eigenvalue weighted by molar-refractivity contribution is -0.128. The summed E-state index contributed by atoms with van der Waals surface area (Å²) in [5, 5.41) is 4.11. The largest absolute Gasteiger partial charge is 0.497 e. The highest BCUT2D eigenvalue weighted by atomic mass is 32.2. The van der Waals surface area contributed by atoms with E-state index >= 15 is 0 Å². The molecule has 1 aliphatic heterocycles. The van der Waals surface area contributed by atoms with E-state index in [1.54, 1.807) is 30.9 Å². The van der Waals surface area contributed by atoms with Crippen LogP contribution in [0, 0.1) is 0 Å². The van der Waals surface area contributed by atoms with Gasteiger partial charge in [-0.05, 0) is 42.7 Å². The van der Waals surface area contributed by atoms with Crippen LogP contribution in [0.4, 0.5) is 0 Å². The van der Waals surface area contributed by atoms with Gasteiger partial charge in [-0.2, -0.15) is 4.98 Å². The Morgan fingerprint density at radius 2 is 1.97 bits per heavy atom. The number of carbonyl (C=O) groups excluding carboxylic acids is 1. The van der Waals surface area contributed by atoms with Crippen molar-refractivity contribution in [1.82, 2.24) is 15.0 Å². The van der Waals surface area contributed by atoms with E-state index in [0.717, 1.165) is 11.1 Å². The van der Waals surface area contributed by atoms with Crippen molar-refractivity contribution < 1.29 is 18.8 Å². The third kappa shape index (κ3) is 4.14. The monoisotopic (exact) mass is 425 g/mol. The summed E-state index contributed by atoms with van der Waals surface area (Å²) in [4.78, 5) is 20.1. The maximum absolute atomic E-state index is 12.6. The molecule has 1 fully saturated rings.